The van der Waals surface area contributed by atoms with E-state index >= 15 is 0 Å². The van der Waals surface area contributed by atoms with Crippen molar-refractivity contribution in [3.63, 3.8) is 0 Å². The number of hydrogen-bond donors (Lipinski definition) is 2. The molecular formula is C12H14N2O2. The second-order valence-corrected chi connectivity index (χ2v) is 3.96. The van der Waals surface area contributed by atoms with E-state index < -0.39 is 6.04 Å². The van der Waals surface area contributed by atoms with E-state index in [-0.39, 0.29) is 24.3 Å². The molecule has 16 heavy (non-hydrogen) atoms. The molecule has 0 aliphatic carbocycles. The lowest BCUT2D eigenvalue weighted by molar-refractivity contribution is -0.134. The van der Waals surface area contributed by atoms with Gasteiger partial charge in [0.25, 0.3) is 0 Å². The summed E-state index contributed by atoms with van der Waals surface area (Å²) in [5, 5.41) is 5.29. The van der Waals surface area contributed by atoms with E-state index in [1.807, 2.05) is 37.3 Å². The number of rotatable bonds is 2. The van der Waals surface area contributed by atoms with Gasteiger partial charge in [-0.2, -0.15) is 0 Å². The Morgan fingerprint density at radius 2 is 1.94 bits per heavy atom. The molecule has 4 nitrogen and oxygen atoms in total. The molecule has 2 amide bonds. The van der Waals surface area contributed by atoms with Crippen LogP contribution < -0.4 is 10.6 Å². The smallest absolute Gasteiger partial charge is 0.243 e. The van der Waals surface area contributed by atoms with Crippen LogP contribution in [0.25, 0.3) is 0 Å². The lowest BCUT2D eigenvalue weighted by Gasteiger charge is -2.28. The fourth-order valence-corrected chi connectivity index (χ4v) is 1.87. The standard InChI is InChI=1S/C12H14N2O2/c1-8(9-5-3-2-4-6-9)11-12(16)13-7-10(15)14-11/h2-6,8,11H,7H2,1H3,(H,13,16)(H,14,15)/t8?,11-/m0/s1. The van der Waals surface area contributed by atoms with Crippen molar-refractivity contribution >= 4 is 11.8 Å². The molecule has 0 bridgehead atoms. The second-order valence-electron chi connectivity index (χ2n) is 3.96. The van der Waals surface area contributed by atoms with E-state index in [0.717, 1.165) is 5.56 Å². The van der Waals surface area contributed by atoms with E-state index in [1.54, 1.807) is 0 Å². The van der Waals surface area contributed by atoms with Crippen molar-refractivity contribution in [3.8, 4) is 0 Å². The van der Waals surface area contributed by atoms with Gasteiger partial charge in [-0.3, -0.25) is 9.59 Å². The minimum absolute atomic E-state index is 0.0227. The summed E-state index contributed by atoms with van der Waals surface area (Å²) in [6.07, 6.45) is 0. The molecule has 1 aliphatic heterocycles. The van der Waals surface area contributed by atoms with Gasteiger partial charge in [-0.1, -0.05) is 37.3 Å². The first-order chi connectivity index (χ1) is 7.68. The number of piperazine rings is 1. The van der Waals surface area contributed by atoms with Crippen molar-refractivity contribution in [1.82, 2.24) is 10.6 Å². The van der Waals surface area contributed by atoms with Crippen molar-refractivity contribution in [2.24, 2.45) is 0 Å². The quantitative estimate of drug-likeness (QED) is 0.755. The molecule has 0 spiro atoms. The summed E-state index contributed by atoms with van der Waals surface area (Å²) in [6.45, 7) is 2.02. The predicted octanol–water partition coefficient (Wildman–Crippen LogP) is 0.405. The fourth-order valence-electron chi connectivity index (χ4n) is 1.87. The summed E-state index contributed by atoms with van der Waals surface area (Å²) in [5.41, 5.74) is 1.05. The van der Waals surface area contributed by atoms with Crippen molar-refractivity contribution in [2.45, 2.75) is 18.9 Å². The lowest BCUT2D eigenvalue weighted by Crippen LogP contribution is -2.57. The molecular weight excluding hydrogens is 204 g/mol. The van der Waals surface area contributed by atoms with Gasteiger partial charge < -0.3 is 10.6 Å². The maximum atomic E-state index is 11.6. The topological polar surface area (TPSA) is 58.2 Å². The van der Waals surface area contributed by atoms with Crippen LogP contribution in [0.4, 0.5) is 0 Å². The van der Waals surface area contributed by atoms with Crippen LogP contribution in [0, 0.1) is 0 Å². The van der Waals surface area contributed by atoms with E-state index in [0.29, 0.717) is 0 Å². The van der Waals surface area contributed by atoms with Gasteiger partial charge in [-0.25, -0.2) is 0 Å². The molecule has 2 rings (SSSR count). The van der Waals surface area contributed by atoms with Crippen molar-refractivity contribution in [1.29, 1.82) is 0 Å². The summed E-state index contributed by atoms with van der Waals surface area (Å²) >= 11 is 0. The number of hydrogen-bond acceptors (Lipinski definition) is 2. The van der Waals surface area contributed by atoms with Gasteiger partial charge in [-0.15, -0.1) is 0 Å². The average molecular weight is 218 g/mol. The van der Waals surface area contributed by atoms with Gasteiger partial charge in [0.1, 0.15) is 6.04 Å². The highest BCUT2D eigenvalue weighted by Crippen LogP contribution is 2.19. The first-order valence-electron chi connectivity index (χ1n) is 5.30. The fraction of sp³-hybridized carbons (Fsp3) is 0.333. The molecule has 2 atom stereocenters. The highest BCUT2D eigenvalue weighted by molar-refractivity contribution is 5.95. The van der Waals surface area contributed by atoms with Crippen LogP contribution in [0.3, 0.4) is 0 Å². The maximum absolute atomic E-state index is 11.6. The number of benzene rings is 1. The first kappa shape index (κ1) is 10.7. The third-order valence-electron chi connectivity index (χ3n) is 2.85. The Labute approximate surface area is 94.0 Å². The maximum Gasteiger partial charge on any atom is 0.243 e. The number of amides is 2. The Morgan fingerprint density at radius 3 is 2.62 bits per heavy atom. The zero-order valence-electron chi connectivity index (χ0n) is 9.07. The summed E-state index contributed by atoms with van der Waals surface area (Å²) in [7, 11) is 0. The average Bonchev–Trinajstić information content (AvgIpc) is 2.32. The zero-order chi connectivity index (χ0) is 11.5. The minimum atomic E-state index is -0.469. The Morgan fingerprint density at radius 1 is 1.25 bits per heavy atom. The van der Waals surface area contributed by atoms with Crippen LogP contribution in [-0.2, 0) is 9.59 Å². The molecule has 4 heteroatoms. The predicted molar refractivity (Wildman–Crippen MR) is 59.8 cm³/mol. The van der Waals surface area contributed by atoms with Crippen LogP contribution in [0.2, 0.25) is 0 Å². The van der Waals surface area contributed by atoms with E-state index in [2.05, 4.69) is 10.6 Å². The highest BCUT2D eigenvalue weighted by atomic mass is 16.2. The molecule has 0 saturated carbocycles. The lowest BCUT2D eigenvalue weighted by atomic mass is 9.92. The molecule has 1 unspecified atom stereocenters. The Balaban J connectivity index is 2.17. The Hall–Kier alpha value is -1.84. The minimum Gasteiger partial charge on any atom is -0.345 e. The van der Waals surface area contributed by atoms with Crippen molar-refractivity contribution in [3.05, 3.63) is 35.9 Å². The zero-order valence-corrected chi connectivity index (χ0v) is 9.07. The molecule has 1 aromatic rings. The SMILES string of the molecule is CC(c1ccccc1)[C@@H]1NC(=O)CNC1=O. The Bertz CT molecular complexity index is 403. The third kappa shape index (κ3) is 2.05. The normalized spacial score (nSPS) is 22.2. The Kier molecular flexibility index (Phi) is 2.90. The molecule has 1 fully saturated rings. The molecule has 1 heterocycles. The van der Waals surface area contributed by atoms with Gasteiger partial charge >= 0.3 is 0 Å². The van der Waals surface area contributed by atoms with Crippen LogP contribution in [0.5, 0.6) is 0 Å². The van der Waals surface area contributed by atoms with Crippen LogP contribution in [0.1, 0.15) is 18.4 Å². The third-order valence-corrected chi connectivity index (χ3v) is 2.85. The monoisotopic (exact) mass is 218 g/mol. The van der Waals surface area contributed by atoms with Gasteiger partial charge in [0.2, 0.25) is 11.8 Å². The van der Waals surface area contributed by atoms with Gasteiger partial charge in [-0.05, 0) is 5.56 Å². The molecule has 1 aromatic carbocycles. The second kappa shape index (κ2) is 4.35. The molecule has 0 aromatic heterocycles. The van der Waals surface area contributed by atoms with Gasteiger partial charge in [0.15, 0.2) is 0 Å². The number of carbonyl (C=O) groups excluding carboxylic acids is 2. The molecule has 0 radical (unpaired) electrons. The van der Waals surface area contributed by atoms with Crippen LogP contribution >= 0.6 is 0 Å². The summed E-state index contributed by atoms with van der Waals surface area (Å²) < 4.78 is 0. The first-order valence-corrected chi connectivity index (χ1v) is 5.30. The molecule has 1 aliphatic rings. The molecule has 1 saturated heterocycles. The summed E-state index contributed by atoms with van der Waals surface area (Å²) in [6, 6.07) is 9.22. The van der Waals surface area contributed by atoms with Gasteiger partial charge in [0.05, 0.1) is 6.54 Å². The summed E-state index contributed by atoms with van der Waals surface area (Å²) in [5.74, 6) is -0.270. The van der Waals surface area contributed by atoms with E-state index in [4.69, 9.17) is 0 Å². The molecule has 84 valence electrons. The highest BCUT2D eigenvalue weighted by Gasteiger charge is 2.31. The van der Waals surface area contributed by atoms with E-state index in [1.165, 1.54) is 0 Å². The van der Waals surface area contributed by atoms with Crippen molar-refractivity contribution < 1.29 is 9.59 Å². The van der Waals surface area contributed by atoms with Crippen LogP contribution in [0.15, 0.2) is 30.3 Å². The molecule has 2 N–H and O–H groups in total. The van der Waals surface area contributed by atoms with E-state index in [9.17, 15) is 9.59 Å². The number of nitrogens with one attached hydrogen (secondary N) is 2. The largest absolute Gasteiger partial charge is 0.345 e. The van der Waals surface area contributed by atoms with Crippen molar-refractivity contribution in [2.75, 3.05) is 6.54 Å². The summed E-state index contributed by atoms with van der Waals surface area (Å²) in [4.78, 5) is 22.9. The van der Waals surface area contributed by atoms with Gasteiger partial charge in [0, 0.05) is 5.92 Å². The van der Waals surface area contributed by atoms with Crippen LogP contribution in [-0.4, -0.2) is 24.4 Å². The number of carbonyl (C=O) groups is 2.